The van der Waals surface area contributed by atoms with Crippen molar-refractivity contribution in [2.75, 3.05) is 19.3 Å². The van der Waals surface area contributed by atoms with Crippen LogP contribution in [0.3, 0.4) is 0 Å². The Morgan fingerprint density at radius 1 is 0.964 bits per heavy atom. The SMILES string of the molecule is CC(C)(C)CCCCCCNC(=O)C(O)C(C)(C)COP(=O)(O)CC(C)(C)C. The molecule has 0 bridgehead atoms. The topological polar surface area (TPSA) is 95.9 Å². The van der Waals surface area contributed by atoms with E-state index in [1.807, 2.05) is 20.8 Å². The number of aliphatic hydroxyl groups is 1. The lowest BCUT2D eigenvalue weighted by molar-refractivity contribution is -0.136. The molecule has 1 amide bonds. The summed E-state index contributed by atoms with van der Waals surface area (Å²) in [7, 11) is -3.77. The summed E-state index contributed by atoms with van der Waals surface area (Å²) in [6.45, 7) is 15.9. The van der Waals surface area contributed by atoms with Crippen LogP contribution in [0.25, 0.3) is 0 Å². The lowest BCUT2D eigenvalue weighted by atomic mass is 9.87. The van der Waals surface area contributed by atoms with Gasteiger partial charge in [0, 0.05) is 12.0 Å². The Balaban J connectivity index is 4.26. The molecule has 0 aliphatic heterocycles. The first kappa shape index (κ1) is 27.6. The van der Waals surface area contributed by atoms with E-state index < -0.39 is 25.0 Å². The van der Waals surface area contributed by atoms with Crippen molar-refractivity contribution >= 4 is 13.5 Å². The van der Waals surface area contributed by atoms with Crippen LogP contribution >= 0.6 is 7.60 Å². The average Bonchev–Trinajstić information content (AvgIpc) is 2.48. The van der Waals surface area contributed by atoms with Crippen LogP contribution in [0.1, 0.15) is 87.5 Å². The molecule has 0 saturated carbocycles. The van der Waals surface area contributed by atoms with Crippen molar-refractivity contribution in [1.29, 1.82) is 0 Å². The molecule has 0 aromatic heterocycles. The fraction of sp³-hybridized carbons (Fsp3) is 0.952. The average molecular weight is 422 g/mol. The van der Waals surface area contributed by atoms with Gasteiger partial charge in [-0.2, -0.15) is 0 Å². The minimum Gasteiger partial charge on any atom is -0.383 e. The van der Waals surface area contributed by atoms with Crippen LogP contribution < -0.4 is 5.32 Å². The van der Waals surface area contributed by atoms with Gasteiger partial charge in [0.05, 0.1) is 12.8 Å². The summed E-state index contributed by atoms with van der Waals surface area (Å²) >= 11 is 0. The van der Waals surface area contributed by atoms with Crippen molar-refractivity contribution in [1.82, 2.24) is 5.32 Å². The van der Waals surface area contributed by atoms with E-state index in [0.717, 1.165) is 19.3 Å². The van der Waals surface area contributed by atoms with Gasteiger partial charge in [-0.3, -0.25) is 9.36 Å². The van der Waals surface area contributed by atoms with E-state index in [9.17, 15) is 19.4 Å². The number of hydrogen-bond acceptors (Lipinski definition) is 4. The first-order valence-electron chi connectivity index (χ1n) is 10.4. The Bertz CT molecular complexity index is 520. The molecule has 3 N–H and O–H groups in total. The Morgan fingerprint density at radius 2 is 1.50 bits per heavy atom. The molecule has 0 aromatic rings. The summed E-state index contributed by atoms with van der Waals surface area (Å²) in [6, 6.07) is 0. The van der Waals surface area contributed by atoms with Gasteiger partial charge in [-0.15, -0.1) is 0 Å². The van der Waals surface area contributed by atoms with E-state index in [0.29, 0.717) is 12.0 Å². The number of carbonyl (C=O) groups excluding carboxylic acids is 1. The number of carbonyl (C=O) groups is 1. The predicted octanol–water partition coefficient (Wildman–Crippen LogP) is 4.73. The van der Waals surface area contributed by atoms with Gasteiger partial charge in [-0.25, -0.2) is 0 Å². The van der Waals surface area contributed by atoms with E-state index in [-0.39, 0.29) is 18.2 Å². The standard InChI is InChI=1S/C21H44NO5P/c1-19(2,3)13-11-9-10-12-14-22-18(24)17(23)21(7,8)15-27-28(25,26)16-20(4,5)6/h17,23H,9-16H2,1-8H3,(H,22,24)(H,25,26). The minimum atomic E-state index is -3.77. The van der Waals surface area contributed by atoms with E-state index in [1.54, 1.807) is 13.8 Å². The highest BCUT2D eigenvalue weighted by Gasteiger charge is 2.37. The zero-order chi connectivity index (χ0) is 22.2. The summed E-state index contributed by atoms with van der Waals surface area (Å²) in [5, 5.41) is 13.1. The third kappa shape index (κ3) is 13.7. The summed E-state index contributed by atoms with van der Waals surface area (Å²) in [5.74, 6) is -0.466. The zero-order valence-corrected chi connectivity index (χ0v) is 20.2. The van der Waals surface area contributed by atoms with Crippen LogP contribution in [0.15, 0.2) is 0 Å². The monoisotopic (exact) mass is 421 g/mol. The molecule has 0 spiro atoms. The second-order valence-corrected chi connectivity index (χ2v) is 12.9. The van der Waals surface area contributed by atoms with Crippen LogP contribution in [0.5, 0.6) is 0 Å². The van der Waals surface area contributed by atoms with E-state index in [4.69, 9.17) is 4.52 Å². The number of nitrogens with one attached hydrogen (secondary N) is 1. The van der Waals surface area contributed by atoms with Gasteiger partial charge in [0.25, 0.3) is 0 Å². The highest BCUT2D eigenvalue weighted by atomic mass is 31.2. The van der Waals surface area contributed by atoms with Crippen molar-refractivity contribution in [2.45, 2.75) is 93.6 Å². The number of amides is 1. The van der Waals surface area contributed by atoms with Gasteiger partial charge in [0.1, 0.15) is 6.10 Å². The van der Waals surface area contributed by atoms with Crippen LogP contribution in [0.2, 0.25) is 0 Å². The molecule has 7 heteroatoms. The van der Waals surface area contributed by atoms with Crippen molar-refractivity contribution in [3.8, 4) is 0 Å². The largest absolute Gasteiger partial charge is 0.383 e. The van der Waals surface area contributed by atoms with Crippen LogP contribution in [-0.4, -0.2) is 41.3 Å². The van der Waals surface area contributed by atoms with Crippen molar-refractivity contribution < 1.29 is 23.9 Å². The fourth-order valence-electron chi connectivity index (χ4n) is 2.79. The van der Waals surface area contributed by atoms with Crippen LogP contribution in [0.4, 0.5) is 0 Å². The lowest BCUT2D eigenvalue weighted by Crippen LogP contribution is -2.46. The summed E-state index contributed by atoms with van der Waals surface area (Å²) in [4.78, 5) is 22.2. The van der Waals surface area contributed by atoms with Crippen molar-refractivity contribution in [2.24, 2.45) is 16.2 Å². The first-order valence-corrected chi connectivity index (χ1v) is 12.1. The molecule has 0 fully saturated rings. The first-order chi connectivity index (χ1) is 12.5. The van der Waals surface area contributed by atoms with Crippen LogP contribution in [-0.2, 0) is 13.9 Å². The van der Waals surface area contributed by atoms with Gasteiger partial charge in [0.15, 0.2) is 0 Å². The van der Waals surface area contributed by atoms with Gasteiger partial charge in [-0.05, 0) is 23.7 Å². The number of rotatable bonds is 12. The maximum Gasteiger partial charge on any atom is 0.328 e. The van der Waals surface area contributed by atoms with E-state index in [1.165, 1.54) is 12.8 Å². The Hall–Kier alpha value is -0.420. The molecular formula is C21H44NO5P. The third-order valence-electron chi connectivity index (χ3n) is 4.45. The highest BCUT2D eigenvalue weighted by Crippen LogP contribution is 2.48. The molecule has 28 heavy (non-hydrogen) atoms. The molecule has 6 nitrogen and oxygen atoms in total. The summed E-state index contributed by atoms with van der Waals surface area (Å²) in [5.41, 5.74) is -0.957. The van der Waals surface area contributed by atoms with Gasteiger partial charge in [0.2, 0.25) is 5.91 Å². The number of unbranched alkanes of at least 4 members (excludes halogenated alkanes) is 3. The maximum atomic E-state index is 12.2. The minimum absolute atomic E-state index is 0.0214. The van der Waals surface area contributed by atoms with Crippen molar-refractivity contribution in [3.63, 3.8) is 0 Å². The molecule has 2 unspecified atom stereocenters. The second-order valence-electron chi connectivity index (χ2n) is 11.0. The van der Waals surface area contributed by atoms with E-state index in [2.05, 4.69) is 26.1 Å². The van der Waals surface area contributed by atoms with Crippen molar-refractivity contribution in [3.05, 3.63) is 0 Å². The number of hydrogen-bond donors (Lipinski definition) is 3. The molecule has 0 aliphatic carbocycles. The van der Waals surface area contributed by atoms with E-state index >= 15 is 0 Å². The molecule has 0 saturated heterocycles. The third-order valence-corrected chi connectivity index (χ3v) is 6.33. The second kappa shape index (κ2) is 11.1. The lowest BCUT2D eigenvalue weighted by Gasteiger charge is -2.31. The summed E-state index contributed by atoms with van der Waals surface area (Å²) < 4.78 is 17.4. The Labute approximate surface area is 172 Å². The summed E-state index contributed by atoms with van der Waals surface area (Å²) in [6.07, 6.45) is 4.14. The normalized spacial score (nSPS) is 16.5. The molecule has 0 rings (SSSR count). The van der Waals surface area contributed by atoms with Gasteiger partial charge >= 0.3 is 7.60 Å². The molecular weight excluding hydrogens is 377 g/mol. The number of aliphatic hydroxyl groups excluding tert-OH is 1. The Morgan fingerprint density at radius 3 is 2.00 bits per heavy atom. The fourth-order valence-corrected chi connectivity index (χ4v) is 4.61. The molecule has 0 heterocycles. The van der Waals surface area contributed by atoms with Crippen LogP contribution in [0, 0.1) is 16.2 Å². The molecule has 2 atom stereocenters. The maximum absolute atomic E-state index is 12.2. The molecule has 168 valence electrons. The Kier molecular flexibility index (Phi) is 10.9. The highest BCUT2D eigenvalue weighted by molar-refractivity contribution is 7.52. The van der Waals surface area contributed by atoms with Gasteiger partial charge < -0.3 is 19.8 Å². The molecule has 0 radical (unpaired) electrons. The molecule has 0 aliphatic rings. The quantitative estimate of drug-likeness (QED) is 0.313. The zero-order valence-electron chi connectivity index (χ0n) is 19.3. The smallest absolute Gasteiger partial charge is 0.328 e. The molecule has 0 aromatic carbocycles. The predicted molar refractivity (Wildman–Crippen MR) is 115 cm³/mol. The van der Waals surface area contributed by atoms with Gasteiger partial charge in [-0.1, -0.05) is 74.7 Å².